The Morgan fingerprint density at radius 2 is 1.89 bits per heavy atom. The largest absolute Gasteiger partial charge is 0.380 e. The molecule has 2 heterocycles. The van der Waals surface area contributed by atoms with Gasteiger partial charge < -0.3 is 15.0 Å². The molecule has 0 radical (unpaired) electrons. The van der Waals surface area contributed by atoms with Crippen LogP contribution in [0.5, 0.6) is 0 Å². The standard InChI is InChI=1S/C14H26N2O2/c1-12(15-9-14(2)10-18-11-14)13(17)16-7-5-3-4-6-8-16/h12,15H,3-11H2,1-2H3. The monoisotopic (exact) mass is 254 g/mol. The van der Waals surface area contributed by atoms with Crippen LogP contribution in [-0.4, -0.2) is 49.7 Å². The minimum atomic E-state index is -0.0690. The quantitative estimate of drug-likeness (QED) is 0.824. The van der Waals surface area contributed by atoms with Crippen molar-refractivity contribution in [3.8, 4) is 0 Å². The molecule has 1 unspecified atom stereocenters. The summed E-state index contributed by atoms with van der Waals surface area (Å²) < 4.78 is 5.23. The average molecular weight is 254 g/mol. The van der Waals surface area contributed by atoms with Gasteiger partial charge in [-0.2, -0.15) is 0 Å². The van der Waals surface area contributed by atoms with Crippen LogP contribution in [0.4, 0.5) is 0 Å². The first kappa shape index (κ1) is 13.8. The molecule has 2 fully saturated rings. The third-order valence-electron chi connectivity index (χ3n) is 4.02. The van der Waals surface area contributed by atoms with E-state index >= 15 is 0 Å². The van der Waals surface area contributed by atoms with Crippen LogP contribution in [0.25, 0.3) is 0 Å². The van der Waals surface area contributed by atoms with Gasteiger partial charge in [0.1, 0.15) is 0 Å². The van der Waals surface area contributed by atoms with E-state index in [-0.39, 0.29) is 17.4 Å². The van der Waals surface area contributed by atoms with Gasteiger partial charge in [0, 0.05) is 25.0 Å². The fourth-order valence-corrected chi connectivity index (χ4v) is 2.60. The molecule has 2 aliphatic rings. The lowest BCUT2D eigenvalue weighted by atomic mass is 9.88. The van der Waals surface area contributed by atoms with Gasteiger partial charge in [0.25, 0.3) is 0 Å². The van der Waals surface area contributed by atoms with E-state index in [1.54, 1.807) is 0 Å². The van der Waals surface area contributed by atoms with E-state index in [1.807, 2.05) is 11.8 Å². The predicted octanol–water partition coefficient (Wildman–Crippen LogP) is 1.40. The lowest BCUT2D eigenvalue weighted by Crippen LogP contribution is -2.52. The Kier molecular flexibility index (Phi) is 4.62. The summed E-state index contributed by atoms with van der Waals surface area (Å²) in [6, 6.07) is -0.0690. The van der Waals surface area contributed by atoms with Crippen molar-refractivity contribution in [1.29, 1.82) is 0 Å². The van der Waals surface area contributed by atoms with E-state index in [4.69, 9.17) is 4.74 Å². The van der Waals surface area contributed by atoms with Crippen LogP contribution in [0, 0.1) is 5.41 Å². The summed E-state index contributed by atoms with van der Waals surface area (Å²) >= 11 is 0. The van der Waals surface area contributed by atoms with Gasteiger partial charge in [0.15, 0.2) is 0 Å². The zero-order chi connectivity index (χ0) is 13.0. The Hall–Kier alpha value is -0.610. The zero-order valence-electron chi connectivity index (χ0n) is 11.7. The molecule has 0 aliphatic carbocycles. The van der Waals surface area contributed by atoms with Crippen LogP contribution >= 0.6 is 0 Å². The third-order valence-corrected chi connectivity index (χ3v) is 4.02. The first-order valence-electron chi connectivity index (χ1n) is 7.21. The van der Waals surface area contributed by atoms with E-state index in [0.717, 1.165) is 45.7 Å². The van der Waals surface area contributed by atoms with Crippen molar-refractivity contribution in [2.75, 3.05) is 32.8 Å². The van der Waals surface area contributed by atoms with Gasteiger partial charge >= 0.3 is 0 Å². The van der Waals surface area contributed by atoms with Crippen molar-refractivity contribution >= 4 is 5.91 Å². The molecule has 4 nitrogen and oxygen atoms in total. The Bertz CT molecular complexity index is 282. The normalized spacial score (nSPS) is 25.1. The number of carbonyl (C=O) groups excluding carboxylic acids is 1. The van der Waals surface area contributed by atoms with Crippen LogP contribution in [0.2, 0.25) is 0 Å². The lowest BCUT2D eigenvalue weighted by molar-refractivity contribution is -0.134. The van der Waals surface area contributed by atoms with E-state index in [2.05, 4.69) is 12.2 Å². The SMILES string of the molecule is CC(NCC1(C)COC1)C(=O)N1CCCCCC1. The summed E-state index contributed by atoms with van der Waals surface area (Å²) in [4.78, 5) is 14.3. The first-order valence-corrected chi connectivity index (χ1v) is 7.21. The van der Waals surface area contributed by atoms with Crippen LogP contribution < -0.4 is 5.32 Å². The van der Waals surface area contributed by atoms with Gasteiger partial charge in [0.2, 0.25) is 5.91 Å². The maximum Gasteiger partial charge on any atom is 0.239 e. The molecular weight excluding hydrogens is 228 g/mol. The number of nitrogens with zero attached hydrogens (tertiary/aromatic N) is 1. The molecule has 1 amide bonds. The summed E-state index contributed by atoms with van der Waals surface area (Å²) in [7, 11) is 0. The fourth-order valence-electron chi connectivity index (χ4n) is 2.60. The number of likely N-dealkylation sites (tertiary alicyclic amines) is 1. The second-order valence-electron chi connectivity index (χ2n) is 6.15. The number of nitrogens with one attached hydrogen (secondary N) is 1. The molecule has 1 atom stereocenters. The van der Waals surface area contributed by atoms with Crippen molar-refractivity contribution in [3.05, 3.63) is 0 Å². The summed E-state index contributed by atoms with van der Waals surface area (Å²) in [5, 5.41) is 3.37. The van der Waals surface area contributed by atoms with E-state index < -0.39 is 0 Å². The highest BCUT2D eigenvalue weighted by molar-refractivity contribution is 5.81. The maximum atomic E-state index is 12.3. The smallest absolute Gasteiger partial charge is 0.239 e. The second-order valence-corrected chi connectivity index (χ2v) is 6.15. The highest BCUT2D eigenvalue weighted by Gasteiger charge is 2.34. The third kappa shape index (κ3) is 3.45. The highest BCUT2D eigenvalue weighted by atomic mass is 16.5. The van der Waals surface area contributed by atoms with Crippen molar-refractivity contribution in [1.82, 2.24) is 10.2 Å². The predicted molar refractivity (Wildman–Crippen MR) is 71.4 cm³/mol. The van der Waals surface area contributed by atoms with Gasteiger partial charge in [0.05, 0.1) is 19.3 Å². The van der Waals surface area contributed by atoms with Gasteiger partial charge in [-0.3, -0.25) is 4.79 Å². The Morgan fingerprint density at radius 1 is 1.28 bits per heavy atom. The summed E-state index contributed by atoms with van der Waals surface area (Å²) in [6.07, 6.45) is 4.84. The number of ether oxygens (including phenoxy) is 1. The van der Waals surface area contributed by atoms with Crippen molar-refractivity contribution in [2.45, 2.75) is 45.6 Å². The van der Waals surface area contributed by atoms with Gasteiger partial charge in [-0.15, -0.1) is 0 Å². The fraction of sp³-hybridized carbons (Fsp3) is 0.929. The van der Waals surface area contributed by atoms with Gasteiger partial charge in [-0.1, -0.05) is 19.8 Å². The number of rotatable bonds is 4. The Labute approximate surface area is 110 Å². The molecule has 1 N–H and O–H groups in total. The Morgan fingerprint density at radius 3 is 2.39 bits per heavy atom. The molecule has 2 saturated heterocycles. The summed E-state index contributed by atoms with van der Waals surface area (Å²) in [6.45, 7) is 8.54. The molecule has 0 aromatic heterocycles. The molecule has 104 valence electrons. The molecule has 0 saturated carbocycles. The lowest BCUT2D eigenvalue weighted by Gasteiger charge is -2.39. The summed E-state index contributed by atoms with van der Waals surface area (Å²) in [5.74, 6) is 0.265. The van der Waals surface area contributed by atoms with Crippen LogP contribution in [0.1, 0.15) is 39.5 Å². The molecule has 0 bridgehead atoms. The minimum absolute atomic E-state index is 0.0690. The topological polar surface area (TPSA) is 41.6 Å². The molecule has 2 rings (SSSR count). The van der Waals surface area contributed by atoms with Crippen LogP contribution in [0.15, 0.2) is 0 Å². The number of hydrogen-bond acceptors (Lipinski definition) is 3. The van der Waals surface area contributed by atoms with Crippen molar-refractivity contribution < 1.29 is 9.53 Å². The zero-order valence-corrected chi connectivity index (χ0v) is 11.7. The number of hydrogen-bond donors (Lipinski definition) is 1. The van der Waals surface area contributed by atoms with E-state index in [1.165, 1.54) is 12.8 Å². The number of amides is 1. The van der Waals surface area contributed by atoms with Crippen molar-refractivity contribution in [3.63, 3.8) is 0 Å². The molecule has 18 heavy (non-hydrogen) atoms. The van der Waals surface area contributed by atoms with Crippen molar-refractivity contribution in [2.24, 2.45) is 5.41 Å². The first-order chi connectivity index (χ1) is 8.61. The van der Waals surface area contributed by atoms with Gasteiger partial charge in [-0.25, -0.2) is 0 Å². The maximum absolute atomic E-state index is 12.3. The molecule has 2 aliphatic heterocycles. The molecule has 0 aromatic rings. The average Bonchev–Trinajstić information content (AvgIpc) is 2.61. The van der Waals surface area contributed by atoms with Crippen LogP contribution in [0.3, 0.4) is 0 Å². The summed E-state index contributed by atoms with van der Waals surface area (Å²) in [5.41, 5.74) is 0.229. The van der Waals surface area contributed by atoms with Gasteiger partial charge in [-0.05, 0) is 19.8 Å². The van der Waals surface area contributed by atoms with E-state index in [0.29, 0.717) is 0 Å². The second kappa shape index (κ2) is 6.02. The minimum Gasteiger partial charge on any atom is -0.380 e. The molecule has 4 heteroatoms. The molecule has 0 aromatic carbocycles. The Balaban J connectivity index is 1.76. The number of carbonyl (C=O) groups is 1. The molecule has 0 spiro atoms. The highest BCUT2D eigenvalue weighted by Crippen LogP contribution is 2.25. The van der Waals surface area contributed by atoms with Crippen LogP contribution in [-0.2, 0) is 9.53 Å². The molecular formula is C14H26N2O2. The van der Waals surface area contributed by atoms with E-state index in [9.17, 15) is 4.79 Å².